The van der Waals surface area contributed by atoms with Crippen LogP contribution in [0.15, 0.2) is 12.1 Å². The normalized spacial score (nSPS) is 18.3. The molecule has 1 aliphatic carbocycles. The fraction of sp³-hybridized carbons (Fsp3) is 0.625. The zero-order valence-corrected chi connectivity index (χ0v) is 12.3. The monoisotopic (exact) mass is 247 g/mol. The van der Waals surface area contributed by atoms with Crippen molar-refractivity contribution in [3.05, 3.63) is 28.8 Å². The maximum absolute atomic E-state index is 6.49. The lowest BCUT2D eigenvalue weighted by Gasteiger charge is -2.40. The molecule has 0 aliphatic heterocycles. The van der Waals surface area contributed by atoms with Crippen molar-refractivity contribution in [2.75, 3.05) is 7.11 Å². The minimum absolute atomic E-state index is 0.0773. The van der Waals surface area contributed by atoms with Crippen molar-refractivity contribution in [2.45, 2.75) is 57.9 Å². The quantitative estimate of drug-likeness (QED) is 0.866. The Morgan fingerprint density at radius 3 is 2.22 bits per heavy atom. The molecule has 1 saturated carbocycles. The predicted octanol–water partition coefficient (Wildman–Crippen LogP) is 3.64. The van der Waals surface area contributed by atoms with Crippen molar-refractivity contribution in [3.8, 4) is 5.75 Å². The van der Waals surface area contributed by atoms with Crippen LogP contribution in [0, 0.1) is 6.92 Å². The Morgan fingerprint density at radius 1 is 1.22 bits per heavy atom. The number of ether oxygens (including phenoxy) is 1. The molecule has 100 valence electrons. The highest BCUT2D eigenvalue weighted by Crippen LogP contribution is 2.43. The third-order valence-electron chi connectivity index (χ3n) is 4.14. The van der Waals surface area contributed by atoms with Gasteiger partial charge in [0.25, 0.3) is 0 Å². The highest BCUT2D eigenvalue weighted by Gasteiger charge is 2.36. The van der Waals surface area contributed by atoms with E-state index < -0.39 is 0 Å². The first kappa shape index (κ1) is 13.4. The lowest BCUT2D eigenvalue weighted by atomic mass is 9.70. The van der Waals surface area contributed by atoms with Crippen LogP contribution in [0.5, 0.6) is 5.75 Å². The van der Waals surface area contributed by atoms with Crippen LogP contribution in [0.1, 0.15) is 56.7 Å². The van der Waals surface area contributed by atoms with E-state index >= 15 is 0 Å². The molecule has 2 heteroatoms. The molecule has 1 aromatic rings. The van der Waals surface area contributed by atoms with Crippen LogP contribution in [0.25, 0.3) is 0 Å². The van der Waals surface area contributed by atoms with Gasteiger partial charge in [-0.15, -0.1) is 0 Å². The van der Waals surface area contributed by atoms with Gasteiger partial charge in [-0.05, 0) is 60.4 Å². The number of benzene rings is 1. The number of methoxy groups -OCH3 is 1. The van der Waals surface area contributed by atoms with Gasteiger partial charge in [0.15, 0.2) is 0 Å². The van der Waals surface area contributed by atoms with Crippen LogP contribution in [0.4, 0.5) is 0 Å². The van der Waals surface area contributed by atoms with Gasteiger partial charge in [0.2, 0.25) is 0 Å². The SMILES string of the molecule is COc1cc(C)c(C2(N)CCC2)cc1C(C)(C)C. The van der Waals surface area contributed by atoms with Gasteiger partial charge in [-0.2, -0.15) is 0 Å². The Morgan fingerprint density at radius 2 is 1.83 bits per heavy atom. The van der Waals surface area contributed by atoms with Crippen molar-refractivity contribution >= 4 is 0 Å². The fourth-order valence-corrected chi connectivity index (χ4v) is 2.80. The lowest BCUT2D eigenvalue weighted by Crippen LogP contribution is -2.44. The fourth-order valence-electron chi connectivity index (χ4n) is 2.80. The van der Waals surface area contributed by atoms with E-state index in [0.29, 0.717) is 0 Å². The standard InChI is InChI=1S/C16H25NO/c1-11-9-14(18-5)13(15(2,3)4)10-12(11)16(17)7-6-8-16/h9-10H,6-8,17H2,1-5H3. The molecule has 1 fully saturated rings. The number of hydrogen-bond donors (Lipinski definition) is 1. The largest absolute Gasteiger partial charge is 0.496 e. The van der Waals surface area contributed by atoms with Crippen LogP contribution in [0.2, 0.25) is 0 Å². The van der Waals surface area contributed by atoms with Crippen molar-refractivity contribution in [1.29, 1.82) is 0 Å². The molecule has 0 unspecified atom stereocenters. The summed E-state index contributed by atoms with van der Waals surface area (Å²) < 4.78 is 5.53. The molecule has 2 rings (SSSR count). The van der Waals surface area contributed by atoms with E-state index in [2.05, 4.69) is 39.8 Å². The Bertz CT molecular complexity index is 453. The molecule has 0 amide bonds. The highest BCUT2D eigenvalue weighted by molar-refractivity contribution is 5.48. The molecule has 2 nitrogen and oxygen atoms in total. The van der Waals surface area contributed by atoms with Gasteiger partial charge in [0, 0.05) is 5.54 Å². The van der Waals surface area contributed by atoms with Gasteiger partial charge in [-0.1, -0.05) is 20.8 Å². The summed E-state index contributed by atoms with van der Waals surface area (Å²) in [6.07, 6.45) is 3.44. The van der Waals surface area contributed by atoms with Crippen LogP contribution in [-0.4, -0.2) is 7.11 Å². The number of rotatable bonds is 2. The minimum Gasteiger partial charge on any atom is -0.496 e. The minimum atomic E-state index is -0.101. The van der Waals surface area contributed by atoms with E-state index in [-0.39, 0.29) is 11.0 Å². The third-order valence-corrected chi connectivity index (χ3v) is 4.14. The zero-order chi connectivity index (χ0) is 13.6. The lowest BCUT2D eigenvalue weighted by molar-refractivity contribution is 0.251. The average Bonchev–Trinajstić information content (AvgIpc) is 2.23. The van der Waals surface area contributed by atoms with Gasteiger partial charge < -0.3 is 10.5 Å². The summed E-state index contributed by atoms with van der Waals surface area (Å²) in [6.45, 7) is 8.78. The number of aryl methyl sites for hydroxylation is 1. The van der Waals surface area contributed by atoms with E-state index in [1.807, 2.05) is 0 Å². The van der Waals surface area contributed by atoms with E-state index in [4.69, 9.17) is 10.5 Å². The summed E-state index contributed by atoms with van der Waals surface area (Å²) in [5.74, 6) is 0.978. The number of hydrogen-bond acceptors (Lipinski definition) is 2. The second kappa shape index (κ2) is 4.27. The second-order valence-electron chi connectivity index (χ2n) is 6.63. The highest BCUT2D eigenvalue weighted by atomic mass is 16.5. The van der Waals surface area contributed by atoms with Crippen molar-refractivity contribution < 1.29 is 4.74 Å². The van der Waals surface area contributed by atoms with Crippen LogP contribution in [0.3, 0.4) is 0 Å². The predicted molar refractivity (Wildman–Crippen MR) is 76.1 cm³/mol. The first-order valence-electron chi connectivity index (χ1n) is 6.76. The van der Waals surface area contributed by atoms with Gasteiger partial charge in [0.05, 0.1) is 7.11 Å². The Kier molecular flexibility index (Phi) is 3.18. The molecule has 0 atom stereocenters. The number of nitrogens with two attached hydrogens (primary N) is 1. The molecule has 18 heavy (non-hydrogen) atoms. The third kappa shape index (κ3) is 2.14. The molecule has 1 aromatic carbocycles. The summed E-state index contributed by atoms with van der Waals surface area (Å²) >= 11 is 0. The van der Waals surface area contributed by atoms with Crippen LogP contribution in [-0.2, 0) is 11.0 Å². The summed E-state index contributed by atoms with van der Waals surface area (Å²) in [4.78, 5) is 0. The van der Waals surface area contributed by atoms with Crippen molar-refractivity contribution in [2.24, 2.45) is 5.73 Å². The average molecular weight is 247 g/mol. The molecule has 0 saturated heterocycles. The summed E-state index contributed by atoms with van der Waals surface area (Å²) in [5.41, 5.74) is 10.3. The molecule has 0 aromatic heterocycles. The molecule has 0 heterocycles. The Hall–Kier alpha value is -1.02. The molecule has 0 radical (unpaired) electrons. The summed E-state index contributed by atoms with van der Waals surface area (Å²) in [7, 11) is 1.74. The van der Waals surface area contributed by atoms with Gasteiger partial charge in [-0.3, -0.25) is 0 Å². The molecule has 2 N–H and O–H groups in total. The Balaban J connectivity index is 2.56. The topological polar surface area (TPSA) is 35.2 Å². The van der Waals surface area contributed by atoms with Crippen molar-refractivity contribution in [1.82, 2.24) is 0 Å². The molecule has 0 spiro atoms. The van der Waals surface area contributed by atoms with Gasteiger partial charge in [-0.25, -0.2) is 0 Å². The maximum atomic E-state index is 6.49. The van der Waals surface area contributed by atoms with Gasteiger partial charge in [0.1, 0.15) is 5.75 Å². The summed E-state index contributed by atoms with van der Waals surface area (Å²) in [6, 6.07) is 4.41. The smallest absolute Gasteiger partial charge is 0.122 e. The van der Waals surface area contributed by atoms with E-state index in [9.17, 15) is 0 Å². The first-order valence-corrected chi connectivity index (χ1v) is 6.76. The van der Waals surface area contributed by atoms with Crippen molar-refractivity contribution in [3.63, 3.8) is 0 Å². The second-order valence-corrected chi connectivity index (χ2v) is 6.63. The van der Waals surface area contributed by atoms with E-state index in [1.165, 1.54) is 23.1 Å². The van der Waals surface area contributed by atoms with E-state index in [0.717, 1.165) is 18.6 Å². The molecular weight excluding hydrogens is 222 g/mol. The van der Waals surface area contributed by atoms with Gasteiger partial charge >= 0.3 is 0 Å². The van der Waals surface area contributed by atoms with E-state index in [1.54, 1.807) is 7.11 Å². The first-order chi connectivity index (χ1) is 8.28. The van der Waals surface area contributed by atoms with Crippen LogP contribution >= 0.6 is 0 Å². The van der Waals surface area contributed by atoms with Crippen LogP contribution < -0.4 is 10.5 Å². The summed E-state index contributed by atoms with van der Waals surface area (Å²) in [5, 5.41) is 0. The molecule has 1 aliphatic rings. The molecule has 0 bridgehead atoms. The molecular formula is C16H25NO. The Labute approximate surface area is 111 Å². The zero-order valence-electron chi connectivity index (χ0n) is 12.3. The maximum Gasteiger partial charge on any atom is 0.122 e.